The van der Waals surface area contributed by atoms with Crippen molar-refractivity contribution in [2.45, 2.75) is 18.6 Å². The summed E-state index contributed by atoms with van der Waals surface area (Å²) in [4.78, 5) is 6.60. The molecule has 2 heterocycles. The fourth-order valence-electron chi connectivity index (χ4n) is 1.84. The first-order valence-corrected chi connectivity index (χ1v) is 6.91. The largest absolute Gasteiger partial charge is 0.399 e. The van der Waals surface area contributed by atoms with E-state index in [2.05, 4.69) is 16.8 Å². The number of nitrogens with two attached hydrogens (primary N) is 1. The van der Waals surface area contributed by atoms with Crippen molar-refractivity contribution in [3.63, 3.8) is 0 Å². The molecule has 88 valence electrons. The van der Waals surface area contributed by atoms with Crippen LogP contribution in [0.5, 0.6) is 0 Å². The Bertz CT molecular complexity index is 352. The van der Waals surface area contributed by atoms with Crippen molar-refractivity contribution in [3.05, 3.63) is 17.3 Å². The van der Waals surface area contributed by atoms with Crippen LogP contribution in [0.2, 0.25) is 5.15 Å². The van der Waals surface area contributed by atoms with Crippen molar-refractivity contribution in [3.8, 4) is 0 Å². The maximum absolute atomic E-state index is 5.92. The summed E-state index contributed by atoms with van der Waals surface area (Å²) < 4.78 is 0. The quantitative estimate of drug-likeness (QED) is 0.828. The van der Waals surface area contributed by atoms with Gasteiger partial charge in [-0.05, 0) is 12.5 Å². The van der Waals surface area contributed by atoms with Crippen LogP contribution >= 0.6 is 23.4 Å². The number of anilines is 2. The molecule has 1 unspecified atom stereocenters. The Morgan fingerprint density at radius 2 is 2.44 bits per heavy atom. The molecule has 16 heavy (non-hydrogen) atoms. The Morgan fingerprint density at radius 1 is 1.62 bits per heavy atom. The second-order valence-corrected chi connectivity index (χ2v) is 5.72. The van der Waals surface area contributed by atoms with Crippen LogP contribution in [0, 0.1) is 0 Å². The zero-order valence-electron chi connectivity index (χ0n) is 9.32. The second kappa shape index (κ2) is 5.15. The van der Waals surface area contributed by atoms with Crippen LogP contribution in [0.3, 0.4) is 0 Å². The highest BCUT2D eigenvalue weighted by Crippen LogP contribution is 2.26. The van der Waals surface area contributed by atoms with Gasteiger partial charge >= 0.3 is 0 Å². The minimum absolute atomic E-state index is 0.473. The zero-order chi connectivity index (χ0) is 11.5. The number of nitrogens with zero attached hydrogens (tertiary/aromatic N) is 2. The number of thioether (sulfide) groups is 1. The molecule has 0 radical (unpaired) electrons. The number of pyridine rings is 1. The highest BCUT2D eigenvalue weighted by molar-refractivity contribution is 8.00. The summed E-state index contributed by atoms with van der Waals surface area (Å²) >= 11 is 7.95. The van der Waals surface area contributed by atoms with Gasteiger partial charge in [-0.2, -0.15) is 11.8 Å². The maximum Gasteiger partial charge on any atom is 0.133 e. The lowest BCUT2D eigenvalue weighted by Crippen LogP contribution is -2.38. The fraction of sp³-hybridized carbons (Fsp3) is 0.545. The minimum atomic E-state index is 0.473. The first-order chi connectivity index (χ1) is 7.69. The topological polar surface area (TPSA) is 42.1 Å². The monoisotopic (exact) mass is 257 g/mol. The molecule has 1 fully saturated rings. The molecule has 1 saturated heterocycles. The number of hydrogen-bond acceptors (Lipinski definition) is 4. The molecule has 1 aliphatic rings. The van der Waals surface area contributed by atoms with Crippen LogP contribution in [-0.2, 0) is 0 Å². The van der Waals surface area contributed by atoms with Gasteiger partial charge in [0.25, 0.3) is 0 Å². The molecule has 0 saturated carbocycles. The van der Waals surface area contributed by atoms with Gasteiger partial charge in [0.1, 0.15) is 11.0 Å². The summed E-state index contributed by atoms with van der Waals surface area (Å²) in [5.41, 5.74) is 6.46. The number of hydrogen-bond donors (Lipinski definition) is 1. The van der Waals surface area contributed by atoms with E-state index in [0.717, 1.165) is 24.7 Å². The van der Waals surface area contributed by atoms with Crippen LogP contribution in [0.15, 0.2) is 12.1 Å². The second-order valence-electron chi connectivity index (χ2n) is 3.93. The summed E-state index contributed by atoms with van der Waals surface area (Å²) in [6.45, 7) is 4.28. The molecule has 0 bridgehead atoms. The van der Waals surface area contributed by atoms with Gasteiger partial charge in [-0.1, -0.05) is 18.5 Å². The summed E-state index contributed by atoms with van der Waals surface area (Å²) in [5.74, 6) is 2.05. The molecule has 0 spiro atoms. The molecule has 2 N–H and O–H groups in total. The summed E-state index contributed by atoms with van der Waals surface area (Å²) in [7, 11) is 0. The molecule has 5 heteroatoms. The predicted molar refractivity (Wildman–Crippen MR) is 72.4 cm³/mol. The summed E-state index contributed by atoms with van der Waals surface area (Å²) in [5, 5.41) is 1.16. The van der Waals surface area contributed by atoms with Crippen LogP contribution < -0.4 is 10.6 Å². The number of aromatic nitrogens is 1. The van der Waals surface area contributed by atoms with Crippen LogP contribution in [0.1, 0.15) is 13.3 Å². The Morgan fingerprint density at radius 3 is 3.12 bits per heavy atom. The van der Waals surface area contributed by atoms with Gasteiger partial charge in [0.15, 0.2) is 0 Å². The van der Waals surface area contributed by atoms with E-state index in [-0.39, 0.29) is 0 Å². The number of nitrogen functional groups attached to an aromatic ring is 1. The lowest BCUT2D eigenvalue weighted by atomic mass is 10.3. The van der Waals surface area contributed by atoms with E-state index in [1.807, 2.05) is 17.8 Å². The lowest BCUT2D eigenvalue weighted by Gasteiger charge is -2.32. The van der Waals surface area contributed by atoms with Crippen molar-refractivity contribution in [2.75, 3.05) is 29.5 Å². The first kappa shape index (κ1) is 11.9. The van der Waals surface area contributed by atoms with E-state index in [1.54, 1.807) is 6.07 Å². The Balaban J connectivity index is 2.16. The SMILES string of the molecule is CCC1CN(c2cc(N)cc(Cl)n2)CCS1. The van der Waals surface area contributed by atoms with Crippen LogP contribution in [0.25, 0.3) is 0 Å². The average molecular weight is 258 g/mol. The van der Waals surface area contributed by atoms with E-state index in [4.69, 9.17) is 17.3 Å². The molecule has 3 nitrogen and oxygen atoms in total. The first-order valence-electron chi connectivity index (χ1n) is 5.48. The van der Waals surface area contributed by atoms with Crippen molar-refractivity contribution in [1.29, 1.82) is 0 Å². The number of rotatable bonds is 2. The molecule has 0 amide bonds. The molecule has 1 aliphatic heterocycles. The fourth-order valence-corrected chi connectivity index (χ4v) is 3.23. The smallest absolute Gasteiger partial charge is 0.133 e. The van der Waals surface area contributed by atoms with E-state index in [9.17, 15) is 0 Å². The van der Waals surface area contributed by atoms with Crippen molar-refractivity contribution in [2.24, 2.45) is 0 Å². The Labute approximate surface area is 105 Å². The molecule has 1 atom stereocenters. The molecule has 2 rings (SSSR count). The number of halogens is 1. The third kappa shape index (κ3) is 2.74. The molecular formula is C11H16ClN3S. The third-order valence-electron chi connectivity index (χ3n) is 2.72. The van der Waals surface area contributed by atoms with Gasteiger partial charge in [0, 0.05) is 35.8 Å². The summed E-state index contributed by atoms with van der Waals surface area (Å²) in [6.07, 6.45) is 1.19. The van der Waals surface area contributed by atoms with Gasteiger partial charge in [-0.15, -0.1) is 0 Å². The maximum atomic E-state index is 5.92. The highest BCUT2D eigenvalue weighted by atomic mass is 35.5. The van der Waals surface area contributed by atoms with Gasteiger partial charge in [-0.3, -0.25) is 0 Å². The van der Waals surface area contributed by atoms with Crippen molar-refractivity contribution >= 4 is 34.9 Å². The van der Waals surface area contributed by atoms with Gasteiger partial charge in [-0.25, -0.2) is 4.98 Å². The molecule has 1 aromatic heterocycles. The van der Waals surface area contributed by atoms with E-state index < -0.39 is 0 Å². The van der Waals surface area contributed by atoms with Crippen molar-refractivity contribution < 1.29 is 0 Å². The Kier molecular flexibility index (Phi) is 3.82. The molecule has 1 aromatic rings. The third-order valence-corrected chi connectivity index (χ3v) is 4.29. The molecule has 0 aliphatic carbocycles. The average Bonchev–Trinajstić information content (AvgIpc) is 2.28. The van der Waals surface area contributed by atoms with Crippen LogP contribution in [0.4, 0.5) is 11.5 Å². The van der Waals surface area contributed by atoms with E-state index >= 15 is 0 Å². The molecule has 0 aromatic carbocycles. The normalized spacial score (nSPS) is 21.1. The van der Waals surface area contributed by atoms with Gasteiger partial charge in [0.2, 0.25) is 0 Å². The van der Waals surface area contributed by atoms with Gasteiger partial charge in [0.05, 0.1) is 0 Å². The molecular weight excluding hydrogens is 242 g/mol. The zero-order valence-corrected chi connectivity index (χ0v) is 10.9. The van der Waals surface area contributed by atoms with E-state index in [0.29, 0.717) is 16.1 Å². The lowest BCUT2D eigenvalue weighted by molar-refractivity contribution is 0.720. The highest BCUT2D eigenvalue weighted by Gasteiger charge is 2.20. The Hall–Kier alpha value is -0.610. The minimum Gasteiger partial charge on any atom is -0.399 e. The van der Waals surface area contributed by atoms with E-state index in [1.165, 1.54) is 6.42 Å². The standard InChI is InChI=1S/C11H16ClN3S/c1-2-9-7-15(3-4-16-9)11-6-8(13)5-10(12)14-11/h5-6,9H,2-4,7H2,1H3,(H2,13,14). The summed E-state index contributed by atoms with van der Waals surface area (Å²) in [6, 6.07) is 3.58. The van der Waals surface area contributed by atoms with Crippen molar-refractivity contribution in [1.82, 2.24) is 4.98 Å². The van der Waals surface area contributed by atoms with Gasteiger partial charge < -0.3 is 10.6 Å². The predicted octanol–water partition coefficient (Wildman–Crippen LogP) is 2.65. The van der Waals surface area contributed by atoms with Crippen LogP contribution in [-0.4, -0.2) is 29.1 Å².